The number of amides is 1. The van der Waals surface area contributed by atoms with Crippen molar-refractivity contribution in [1.29, 1.82) is 0 Å². The van der Waals surface area contributed by atoms with Crippen LogP contribution < -0.4 is 5.32 Å². The minimum absolute atomic E-state index is 0.0213. The molecule has 1 aliphatic heterocycles. The summed E-state index contributed by atoms with van der Waals surface area (Å²) in [7, 11) is -3.89. The van der Waals surface area contributed by atoms with Gasteiger partial charge in [0.1, 0.15) is 5.58 Å². The van der Waals surface area contributed by atoms with Gasteiger partial charge in [0.2, 0.25) is 10.1 Å². The van der Waals surface area contributed by atoms with E-state index in [1.807, 2.05) is 19.9 Å². The second kappa shape index (κ2) is 10.9. The van der Waals surface area contributed by atoms with Crippen molar-refractivity contribution in [3.8, 4) is 0 Å². The van der Waals surface area contributed by atoms with Crippen molar-refractivity contribution in [1.82, 2.24) is 14.6 Å². The number of hydrogen-bond acceptors (Lipinski definition) is 9. The average Bonchev–Trinajstić information content (AvgIpc) is 3.49. The Labute approximate surface area is 212 Å². The van der Waals surface area contributed by atoms with Gasteiger partial charge in [-0.25, -0.2) is 18.2 Å². The number of hydrogen-bond donors (Lipinski definition) is 1. The van der Waals surface area contributed by atoms with Crippen LogP contribution in [0, 0.1) is 5.92 Å². The maximum absolute atomic E-state index is 13.1. The van der Waals surface area contributed by atoms with Crippen LogP contribution in [-0.2, 0) is 24.3 Å². The molecule has 1 saturated heterocycles. The lowest BCUT2D eigenvalue weighted by molar-refractivity contribution is -0.134. The zero-order valence-corrected chi connectivity index (χ0v) is 21.5. The summed E-state index contributed by atoms with van der Waals surface area (Å²) in [5, 5.41) is 4.96. The molecule has 0 radical (unpaired) electrons. The van der Waals surface area contributed by atoms with Crippen LogP contribution >= 0.6 is 11.3 Å². The quantitative estimate of drug-likeness (QED) is 0.437. The van der Waals surface area contributed by atoms with Crippen LogP contribution in [0.3, 0.4) is 0 Å². The Balaban J connectivity index is 1.44. The third kappa shape index (κ3) is 5.82. The number of esters is 1. The summed E-state index contributed by atoms with van der Waals surface area (Å²) in [5.74, 6) is -1.82. The predicted molar refractivity (Wildman–Crippen MR) is 132 cm³/mol. The first kappa shape index (κ1) is 26.0. The highest BCUT2D eigenvalue weighted by Gasteiger charge is 2.36. The smallest absolute Gasteiger partial charge is 0.375 e. The Bertz CT molecular complexity index is 1320. The largest absolute Gasteiger partial charge is 0.449 e. The van der Waals surface area contributed by atoms with E-state index in [0.29, 0.717) is 12.0 Å². The number of thiazole rings is 1. The number of sulfonamides is 1. The molecule has 0 spiro atoms. The number of aromatic nitrogens is 1. The maximum Gasteiger partial charge on any atom is 0.375 e. The highest BCUT2D eigenvalue weighted by atomic mass is 32.2. The van der Waals surface area contributed by atoms with E-state index in [1.165, 1.54) is 6.20 Å². The van der Waals surface area contributed by atoms with E-state index in [-0.39, 0.29) is 41.9 Å². The molecule has 12 heteroatoms. The average molecular weight is 534 g/mol. The van der Waals surface area contributed by atoms with Crippen LogP contribution in [0.4, 0.5) is 0 Å². The molecule has 0 saturated carbocycles. The first-order valence-corrected chi connectivity index (χ1v) is 13.9. The van der Waals surface area contributed by atoms with Crippen molar-refractivity contribution in [2.75, 3.05) is 13.1 Å². The number of fused-ring (bicyclic) bond motifs is 1. The van der Waals surface area contributed by atoms with Gasteiger partial charge in [0.05, 0.1) is 12.6 Å². The fourth-order valence-corrected chi connectivity index (χ4v) is 6.38. The van der Waals surface area contributed by atoms with Gasteiger partial charge in [0, 0.05) is 23.5 Å². The molecule has 1 N–H and O–H groups in total. The number of nitrogens with zero attached hydrogens (tertiary/aromatic N) is 2. The number of rotatable bonds is 8. The molecule has 36 heavy (non-hydrogen) atoms. The Hall–Kier alpha value is -3.09. The molecule has 1 aromatic carbocycles. The number of para-hydroxylation sites is 1. The van der Waals surface area contributed by atoms with Crippen LogP contribution in [0.2, 0.25) is 0 Å². The molecule has 192 valence electrons. The lowest BCUT2D eigenvalue weighted by atomic mass is 10.0. The molecule has 1 amide bonds. The minimum atomic E-state index is -3.89. The summed E-state index contributed by atoms with van der Waals surface area (Å²) in [6, 6.07) is 7.77. The fraction of sp³-hybridized carbons (Fsp3) is 0.417. The third-order valence-corrected chi connectivity index (χ3v) is 8.79. The number of ether oxygens (including phenoxy) is 1. The Morgan fingerprint density at radius 3 is 2.78 bits per heavy atom. The maximum atomic E-state index is 13.1. The molecule has 1 aliphatic rings. The summed E-state index contributed by atoms with van der Waals surface area (Å²) < 4.78 is 37.6. The van der Waals surface area contributed by atoms with Gasteiger partial charge in [-0.15, -0.1) is 11.3 Å². The molecule has 2 aromatic heterocycles. The van der Waals surface area contributed by atoms with Crippen molar-refractivity contribution < 1.29 is 32.0 Å². The van der Waals surface area contributed by atoms with Gasteiger partial charge >= 0.3 is 5.97 Å². The summed E-state index contributed by atoms with van der Waals surface area (Å²) in [6.07, 6.45) is 1.12. The minimum Gasteiger partial charge on any atom is -0.449 e. The highest BCUT2D eigenvalue weighted by molar-refractivity contribution is 7.91. The number of benzene rings is 1. The molecule has 2 atom stereocenters. The van der Waals surface area contributed by atoms with Crippen molar-refractivity contribution in [3.63, 3.8) is 0 Å². The summed E-state index contributed by atoms with van der Waals surface area (Å²) in [5.41, 5.74) is 0.524. The van der Waals surface area contributed by atoms with Gasteiger partial charge < -0.3 is 14.5 Å². The fourth-order valence-electron chi connectivity index (χ4n) is 3.97. The number of furan rings is 1. The predicted octanol–water partition coefficient (Wildman–Crippen LogP) is 3.00. The summed E-state index contributed by atoms with van der Waals surface area (Å²) in [6.45, 7) is 3.53. The third-order valence-electron chi connectivity index (χ3n) is 5.76. The van der Waals surface area contributed by atoms with E-state index in [2.05, 4.69) is 10.3 Å². The SMILES string of the molecule is CC(C)C[C@H](OC(=O)c1cc2ccccc2o1)C(=O)NC1CCCN(S(=O)(=O)c2nccs2)CC1=O. The molecule has 3 aromatic rings. The molecule has 10 nitrogen and oxygen atoms in total. The second-order valence-corrected chi connectivity index (χ2v) is 12.0. The van der Waals surface area contributed by atoms with Gasteiger partial charge in [0.25, 0.3) is 15.9 Å². The Morgan fingerprint density at radius 2 is 2.08 bits per heavy atom. The zero-order valence-electron chi connectivity index (χ0n) is 19.9. The summed E-state index contributed by atoms with van der Waals surface area (Å²) in [4.78, 5) is 42.6. The molecular formula is C24H27N3O7S2. The Morgan fingerprint density at radius 1 is 1.31 bits per heavy atom. The summed E-state index contributed by atoms with van der Waals surface area (Å²) >= 11 is 0.980. The lowest BCUT2D eigenvalue weighted by Crippen LogP contribution is -2.48. The second-order valence-electron chi connectivity index (χ2n) is 8.98. The molecule has 1 unspecified atom stereocenters. The zero-order chi connectivity index (χ0) is 25.9. The van der Waals surface area contributed by atoms with E-state index < -0.39 is 39.8 Å². The van der Waals surface area contributed by atoms with Crippen LogP contribution in [0.5, 0.6) is 0 Å². The standard InChI is InChI=1S/C24H27N3O7S2/c1-15(2)12-20(34-23(30)21-13-16-6-3-4-8-19(16)33-21)22(29)26-17-7-5-10-27(14-18(17)28)36(31,32)24-25-9-11-35-24/h3-4,6,8-9,11,13,15,17,20H,5,7,10,12,14H2,1-2H3,(H,26,29)/t17?,20-/m0/s1. The van der Waals surface area contributed by atoms with E-state index in [1.54, 1.807) is 29.6 Å². The normalized spacial score (nSPS) is 18.2. The molecule has 1 fully saturated rings. The van der Waals surface area contributed by atoms with Crippen molar-refractivity contribution >= 4 is 50.0 Å². The van der Waals surface area contributed by atoms with Gasteiger partial charge in [-0.3, -0.25) is 9.59 Å². The van der Waals surface area contributed by atoms with Crippen LogP contribution in [-0.4, -0.2) is 60.6 Å². The van der Waals surface area contributed by atoms with E-state index >= 15 is 0 Å². The topological polar surface area (TPSA) is 136 Å². The number of Topliss-reactive ketones (excluding diaryl/α,β-unsaturated/α-hetero) is 1. The number of carbonyl (C=O) groups is 3. The first-order chi connectivity index (χ1) is 17.1. The van der Waals surface area contributed by atoms with Gasteiger partial charge in [-0.1, -0.05) is 32.0 Å². The Kier molecular flexibility index (Phi) is 7.86. The van der Waals surface area contributed by atoms with Gasteiger partial charge in [-0.05, 0) is 37.3 Å². The van der Waals surface area contributed by atoms with Crippen LogP contribution in [0.15, 0.2) is 50.7 Å². The number of carbonyl (C=O) groups excluding carboxylic acids is 3. The molecular weight excluding hydrogens is 506 g/mol. The molecule has 0 aliphatic carbocycles. The monoisotopic (exact) mass is 533 g/mol. The number of nitrogens with one attached hydrogen (secondary N) is 1. The van der Waals surface area contributed by atoms with Crippen molar-refractivity contribution in [3.05, 3.63) is 47.7 Å². The molecule has 3 heterocycles. The molecule has 0 bridgehead atoms. The first-order valence-electron chi connectivity index (χ1n) is 11.6. The van der Waals surface area contributed by atoms with Gasteiger partial charge in [0.15, 0.2) is 11.9 Å². The van der Waals surface area contributed by atoms with Gasteiger partial charge in [-0.2, -0.15) is 4.31 Å². The van der Waals surface area contributed by atoms with E-state index in [4.69, 9.17) is 9.15 Å². The lowest BCUT2D eigenvalue weighted by Gasteiger charge is -2.22. The van der Waals surface area contributed by atoms with Crippen LogP contribution in [0.1, 0.15) is 43.7 Å². The highest BCUT2D eigenvalue weighted by Crippen LogP contribution is 2.23. The van der Waals surface area contributed by atoms with Crippen molar-refractivity contribution in [2.24, 2.45) is 5.92 Å². The van der Waals surface area contributed by atoms with Crippen LogP contribution in [0.25, 0.3) is 11.0 Å². The van der Waals surface area contributed by atoms with E-state index in [9.17, 15) is 22.8 Å². The molecule has 4 rings (SSSR count). The van der Waals surface area contributed by atoms with E-state index in [0.717, 1.165) is 21.0 Å². The van der Waals surface area contributed by atoms with Crippen molar-refractivity contribution in [2.45, 2.75) is 49.6 Å². The number of ketones is 1.